The summed E-state index contributed by atoms with van der Waals surface area (Å²) in [6.07, 6.45) is 1.59. The number of hydrogen-bond donors (Lipinski definition) is 1. The van der Waals surface area contributed by atoms with E-state index in [1.165, 1.54) is 11.1 Å². The molecule has 1 N–H and O–H groups in total. The van der Waals surface area contributed by atoms with Gasteiger partial charge in [0.25, 0.3) is 0 Å². The van der Waals surface area contributed by atoms with Crippen LogP contribution in [-0.2, 0) is 0 Å². The number of nitrogens with one attached hydrogen (secondary N) is 1. The van der Waals surface area contributed by atoms with Gasteiger partial charge >= 0.3 is 0 Å². The third-order valence-corrected chi connectivity index (χ3v) is 3.97. The van der Waals surface area contributed by atoms with Crippen molar-refractivity contribution in [2.75, 3.05) is 12.4 Å². The molecule has 1 aromatic heterocycles. The number of fused-ring (bicyclic) bond motifs is 1. The molecule has 3 rings (SSSR count). The van der Waals surface area contributed by atoms with Gasteiger partial charge in [0.15, 0.2) is 0 Å². The fourth-order valence-electron chi connectivity index (χ4n) is 2.48. The predicted octanol–water partition coefficient (Wildman–Crippen LogP) is 4.48. The Morgan fingerprint density at radius 3 is 2.61 bits per heavy atom. The van der Waals surface area contributed by atoms with E-state index in [2.05, 4.69) is 42.4 Å². The molecule has 0 saturated carbocycles. The zero-order chi connectivity index (χ0) is 16.4. The minimum Gasteiger partial charge on any atom is -0.497 e. The monoisotopic (exact) mass is 303 g/mol. The molecule has 0 atom stereocenters. The van der Waals surface area contributed by atoms with Crippen molar-refractivity contribution < 1.29 is 4.74 Å². The van der Waals surface area contributed by atoms with E-state index in [9.17, 15) is 5.26 Å². The van der Waals surface area contributed by atoms with Crippen molar-refractivity contribution in [2.45, 2.75) is 13.8 Å². The van der Waals surface area contributed by atoms with Crippen molar-refractivity contribution in [1.82, 2.24) is 4.98 Å². The van der Waals surface area contributed by atoms with E-state index < -0.39 is 0 Å². The van der Waals surface area contributed by atoms with Crippen molar-refractivity contribution in [1.29, 1.82) is 5.26 Å². The van der Waals surface area contributed by atoms with Gasteiger partial charge in [-0.1, -0.05) is 6.07 Å². The van der Waals surface area contributed by atoms with E-state index in [-0.39, 0.29) is 0 Å². The van der Waals surface area contributed by atoms with Gasteiger partial charge in [-0.15, -0.1) is 0 Å². The average molecular weight is 303 g/mol. The molecular formula is C19H17N3O. The Hall–Kier alpha value is -3.06. The minimum atomic E-state index is 0.515. The maximum absolute atomic E-state index is 9.40. The van der Waals surface area contributed by atoms with Crippen LogP contribution in [0.2, 0.25) is 0 Å². The van der Waals surface area contributed by atoms with Gasteiger partial charge in [0.2, 0.25) is 0 Å². The van der Waals surface area contributed by atoms with Crippen molar-refractivity contribution in [2.24, 2.45) is 0 Å². The zero-order valence-electron chi connectivity index (χ0n) is 13.3. The number of methoxy groups -OCH3 is 1. The number of nitrogens with zero attached hydrogens (tertiary/aromatic N) is 2. The first-order chi connectivity index (χ1) is 11.1. The Kier molecular flexibility index (Phi) is 3.86. The second-order valence-electron chi connectivity index (χ2n) is 5.47. The molecule has 0 amide bonds. The summed E-state index contributed by atoms with van der Waals surface area (Å²) in [6.45, 7) is 4.15. The van der Waals surface area contributed by atoms with E-state index in [0.29, 0.717) is 5.56 Å². The van der Waals surface area contributed by atoms with Crippen molar-refractivity contribution in [3.8, 4) is 11.8 Å². The van der Waals surface area contributed by atoms with Crippen LogP contribution in [0.5, 0.6) is 5.75 Å². The largest absolute Gasteiger partial charge is 0.497 e. The van der Waals surface area contributed by atoms with Crippen LogP contribution < -0.4 is 10.1 Å². The van der Waals surface area contributed by atoms with Gasteiger partial charge in [-0.3, -0.25) is 4.98 Å². The van der Waals surface area contributed by atoms with Crippen LogP contribution in [0.3, 0.4) is 0 Å². The molecule has 2 aromatic carbocycles. The first-order valence-corrected chi connectivity index (χ1v) is 7.33. The number of anilines is 2. The van der Waals surface area contributed by atoms with Crippen LogP contribution in [0, 0.1) is 25.2 Å². The molecule has 23 heavy (non-hydrogen) atoms. The third-order valence-electron chi connectivity index (χ3n) is 3.97. The molecule has 4 nitrogen and oxygen atoms in total. The van der Waals surface area contributed by atoms with E-state index in [4.69, 9.17) is 4.74 Å². The first-order valence-electron chi connectivity index (χ1n) is 7.33. The fraction of sp³-hybridized carbons (Fsp3) is 0.158. The Morgan fingerprint density at radius 1 is 1.09 bits per heavy atom. The lowest BCUT2D eigenvalue weighted by Crippen LogP contribution is -1.98. The van der Waals surface area contributed by atoms with E-state index in [1.807, 2.05) is 24.3 Å². The third kappa shape index (κ3) is 2.82. The highest BCUT2D eigenvalue weighted by Crippen LogP contribution is 2.31. The second-order valence-corrected chi connectivity index (χ2v) is 5.47. The summed E-state index contributed by atoms with van der Waals surface area (Å²) in [7, 11) is 1.62. The maximum atomic E-state index is 9.40. The van der Waals surface area contributed by atoms with Crippen molar-refractivity contribution >= 4 is 22.3 Å². The van der Waals surface area contributed by atoms with Crippen LogP contribution in [-0.4, -0.2) is 12.1 Å². The summed E-state index contributed by atoms with van der Waals surface area (Å²) < 4.78 is 5.24. The number of pyridine rings is 1. The van der Waals surface area contributed by atoms with Gasteiger partial charge in [-0.25, -0.2) is 0 Å². The summed E-state index contributed by atoms with van der Waals surface area (Å²) in [5, 5.41) is 13.7. The number of aromatic nitrogens is 1. The molecule has 1 heterocycles. The molecule has 0 aliphatic rings. The Labute approximate surface area is 135 Å². The molecule has 0 spiro atoms. The molecule has 0 aliphatic carbocycles. The molecule has 0 unspecified atom stereocenters. The van der Waals surface area contributed by atoms with Crippen LogP contribution in [0.1, 0.15) is 16.7 Å². The predicted molar refractivity (Wildman–Crippen MR) is 92.2 cm³/mol. The molecule has 0 saturated heterocycles. The summed E-state index contributed by atoms with van der Waals surface area (Å²) in [4.78, 5) is 4.35. The van der Waals surface area contributed by atoms with Crippen molar-refractivity contribution in [3.05, 3.63) is 59.3 Å². The van der Waals surface area contributed by atoms with E-state index >= 15 is 0 Å². The topological polar surface area (TPSA) is 57.9 Å². The highest BCUT2D eigenvalue weighted by atomic mass is 16.5. The van der Waals surface area contributed by atoms with Crippen LogP contribution >= 0.6 is 0 Å². The Balaban J connectivity index is 2.14. The molecule has 0 bridgehead atoms. The second kappa shape index (κ2) is 5.98. The van der Waals surface area contributed by atoms with Gasteiger partial charge in [0, 0.05) is 23.3 Å². The van der Waals surface area contributed by atoms with Crippen LogP contribution in [0.4, 0.5) is 11.4 Å². The molecule has 114 valence electrons. The van der Waals surface area contributed by atoms with Gasteiger partial charge < -0.3 is 10.1 Å². The smallest absolute Gasteiger partial charge is 0.121 e. The van der Waals surface area contributed by atoms with E-state index in [0.717, 1.165) is 28.0 Å². The maximum Gasteiger partial charge on any atom is 0.121 e. The number of rotatable bonds is 3. The Bertz CT molecular complexity index is 926. The summed E-state index contributed by atoms with van der Waals surface area (Å²) in [5.74, 6) is 0.742. The molecule has 0 radical (unpaired) electrons. The Morgan fingerprint density at radius 2 is 1.91 bits per heavy atom. The number of ether oxygens (including phenoxy) is 1. The van der Waals surface area contributed by atoms with Gasteiger partial charge in [-0.2, -0.15) is 5.26 Å². The SMILES string of the molecule is COc1ccc2c(Nc3ccc(C)c(C)c3)c(C#N)cnc2c1. The number of hydrogen-bond acceptors (Lipinski definition) is 4. The minimum absolute atomic E-state index is 0.515. The van der Waals surface area contributed by atoms with Crippen molar-refractivity contribution in [3.63, 3.8) is 0 Å². The number of aryl methyl sites for hydroxylation is 2. The molecule has 3 aromatic rings. The highest BCUT2D eigenvalue weighted by molar-refractivity contribution is 5.96. The summed E-state index contributed by atoms with van der Waals surface area (Å²) >= 11 is 0. The molecule has 4 heteroatoms. The lowest BCUT2D eigenvalue weighted by molar-refractivity contribution is 0.415. The lowest BCUT2D eigenvalue weighted by atomic mass is 10.1. The summed E-state index contributed by atoms with van der Waals surface area (Å²) in [5.41, 5.74) is 5.46. The lowest BCUT2D eigenvalue weighted by Gasteiger charge is -2.13. The van der Waals surface area contributed by atoms with Crippen LogP contribution in [0.15, 0.2) is 42.6 Å². The standard InChI is InChI=1S/C19H17N3O/c1-12-4-5-15(8-13(12)2)22-19-14(10-20)11-21-18-9-16(23-3)6-7-17(18)19/h4-9,11H,1-3H3,(H,21,22). The summed E-state index contributed by atoms with van der Waals surface area (Å²) in [6, 6.07) is 14.0. The normalized spacial score (nSPS) is 10.3. The molecular weight excluding hydrogens is 286 g/mol. The number of benzene rings is 2. The first kappa shape index (κ1) is 14.9. The van der Waals surface area contributed by atoms with Gasteiger partial charge in [0.05, 0.1) is 23.9 Å². The average Bonchev–Trinajstić information content (AvgIpc) is 2.58. The molecule has 0 fully saturated rings. The molecule has 0 aliphatic heterocycles. The highest BCUT2D eigenvalue weighted by Gasteiger charge is 2.10. The van der Waals surface area contributed by atoms with Crippen LogP contribution in [0.25, 0.3) is 10.9 Å². The van der Waals surface area contributed by atoms with Gasteiger partial charge in [0.1, 0.15) is 11.8 Å². The number of nitriles is 1. The van der Waals surface area contributed by atoms with Gasteiger partial charge in [-0.05, 0) is 49.2 Å². The van der Waals surface area contributed by atoms with E-state index in [1.54, 1.807) is 13.3 Å². The fourth-order valence-corrected chi connectivity index (χ4v) is 2.48. The zero-order valence-corrected chi connectivity index (χ0v) is 13.3. The quantitative estimate of drug-likeness (QED) is 0.775.